The molecule has 2 N–H and O–H groups in total. The summed E-state index contributed by atoms with van der Waals surface area (Å²) in [4.78, 5) is 0. The van der Waals surface area contributed by atoms with Gasteiger partial charge in [-0.1, -0.05) is 0 Å². The number of aliphatic hydroxyl groups excluding tert-OH is 1. The molecule has 7 heteroatoms. The molecule has 0 atom stereocenters. The Morgan fingerprint density at radius 2 is 1.14 bits per heavy atom. The molecule has 0 aromatic heterocycles. The van der Waals surface area contributed by atoms with Crippen molar-refractivity contribution in [2.24, 2.45) is 0 Å². The van der Waals surface area contributed by atoms with Gasteiger partial charge in [-0.15, -0.1) is 0 Å². The Labute approximate surface area is 75.0 Å². The van der Waals surface area contributed by atoms with Gasteiger partial charge in [-0.05, 0) is 0 Å². The van der Waals surface area contributed by atoms with Gasteiger partial charge in [0, 0.05) is 0 Å². The van der Waals surface area contributed by atoms with Crippen LogP contribution in [0, 0.1) is 29.1 Å². The van der Waals surface area contributed by atoms with Crippen molar-refractivity contribution in [2.45, 2.75) is 0 Å². The number of aliphatic hydroxyl groups is 1. The second-order valence-electron chi connectivity index (χ2n) is 2.28. The highest BCUT2D eigenvalue weighted by molar-refractivity contribution is 5.47. The predicted molar refractivity (Wildman–Crippen MR) is 36.9 cm³/mol. The average molecular weight is 213 g/mol. The van der Waals surface area contributed by atoms with Crippen LogP contribution in [0.5, 0.6) is 0 Å². The fraction of sp³-hybridized carbons (Fsp3) is 0.143. The van der Waals surface area contributed by atoms with Crippen LogP contribution < -0.4 is 5.32 Å². The lowest BCUT2D eigenvalue weighted by Gasteiger charge is -2.07. The molecule has 0 radical (unpaired) electrons. The molecule has 0 aliphatic carbocycles. The number of benzene rings is 1. The van der Waals surface area contributed by atoms with Gasteiger partial charge < -0.3 is 10.4 Å². The molecule has 0 fully saturated rings. The molecule has 0 saturated heterocycles. The number of hydrogen-bond acceptors (Lipinski definition) is 2. The van der Waals surface area contributed by atoms with Gasteiger partial charge in [0.15, 0.2) is 23.3 Å². The molecule has 78 valence electrons. The van der Waals surface area contributed by atoms with Crippen molar-refractivity contribution in [3.05, 3.63) is 29.1 Å². The molecule has 0 saturated carbocycles. The summed E-state index contributed by atoms with van der Waals surface area (Å²) in [7, 11) is 0. The Morgan fingerprint density at radius 1 is 0.786 bits per heavy atom. The van der Waals surface area contributed by atoms with E-state index < -0.39 is 41.5 Å². The van der Waals surface area contributed by atoms with E-state index in [4.69, 9.17) is 5.11 Å². The van der Waals surface area contributed by atoms with Gasteiger partial charge in [0.25, 0.3) is 0 Å². The fourth-order valence-electron chi connectivity index (χ4n) is 0.839. The molecule has 1 rings (SSSR count). The smallest absolute Gasteiger partial charge is 0.200 e. The lowest BCUT2D eigenvalue weighted by Crippen LogP contribution is -2.10. The van der Waals surface area contributed by atoms with Crippen molar-refractivity contribution in [3.63, 3.8) is 0 Å². The predicted octanol–water partition coefficient (Wildman–Crippen LogP) is 1.74. The summed E-state index contributed by atoms with van der Waals surface area (Å²) in [6.45, 7) is -0.946. The quantitative estimate of drug-likeness (QED) is 0.339. The van der Waals surface area contributed by atoms with Crippen molar-refractivity contribution < 1.29 is 27.1 Å². The number of rotatable bonds is 2. The second kappa shape index (κ2) is 3.79. The molecule has 0 aliphatic heterocycles. The number of hydrogen-bond donors (Lipinski definition) is 2. The second-order valence-corrected chi connectivity index (χ2v) is 2.28. The zero-order valence-corrected chi connectivity index (χ0v) is 6.54. The molecule has 14 heavy (non-hydrogen) atoms. The first-order valence-electron chi connectivity index (χ1n) is 3.36. The molecule has 0 spiro atoms. The third kappa shape index (κ3) is 1.50. The van der Waals surface area contributed by atoms with Crippen molar-refractivity contribution in [3.8, 4) is 0 Å². The largest absolute Gasteiger partial charge is 0.377 e. The molecule has 0 unspecified atom stereocenters. The minimum atomic E-state index is -2.23. The van der Waals surface area contributed by atoms with E-state index >= 15 is 0 Å². The van der Waals surface area contributed by atoms with E-state index in [-0.39, 0.29) is 0 Å². The lowest BCUT2D eigenvalue weighted by molar-refractivity contribution is 0.321. The molecule has 0 bridgehead atoms. The highest BCUT2D eigenvalue weighted by Gasteiger charge is 2.25. The Morgan fingerprint density at radius 3 is 1.50 bits per heavy atom. The van der Waals surface area contributed by atoms with Crippen LogP contribution in [0.3, 0.4) is 0 Å². The Kier molecular flexibility index (Phi) is 2.90. The van der Waals surface area contributed by atoms with Gasteiger partial charge in [-0.25, -0.2) is 22.0 Å². The van der Waals surface area contributed by atoms with Crippen LogP contribution in [-0.4, -0.2) is 11.8 Å². The van der Waals surface area contributed by atoms with E-state index in [1.807, 2.05) is 0 Å². The van der Waals surface area contributed by atoms with Gasteiger partial charge in [0.05, 0.1) is 0 Å². The van der Waals surface area contributed by atoms with Gasteiger partial charge >= 0.3 is 0 Å². The number of anilines is 1. The zero-order chi connectivity index (χ0) is 10.9. The van der Waals surface area contributed by atoms with E-state index in [1.54, 1.807) is 5.32 Å². The first-order chi connectivity index (χ1) is 6.50. The minimum Gasteiger partial charge on any atom is -0.377 e. The molecule has 0 aliphatic rings. The third-order valence-corrected chi connectivity index (χ3v) is 1.47. The SMILES string of the molecule is OCNc1c(F)c(F)c(F)c(F)c1F. The Balaban J connectivity index is 3.43. The number of nitrogens with one attached hydrogen (secondary N) is 1. The summed E-state index contributed by atoms with van der Waals surface area (Å²) in [5.74, 6) is -10.4. The van der Waals surface area contributed by atoms with E-state index in [0.717, 1.165) is 0 Å². The maximum atomic E-state index is 12.7. The Bertz CT molecular complexity index is 339. The molecular weight excluding hydrogens is 209 g/mol. The molecule has 2 nitrogen and oxygen atoms in total. The maximum absolute atomic E-state index is 12.7. The topological polar surface area (TPSA) is 32.3 Å². The summed E-state index contributed by atoms with van der Waals surface area (Å²) in [5, 5.41) is 9.85. The van der Waals surface area contributed by atoms with Crippen molar-refractivity contribution in [1.29, 1.82) is 0 Å². The van der Waals surface area contributed by atoms with E-state index in [0.29, 0.717) is 0 Å². The van der Waals surface area contributed by atoms with Crippen LogP contribution in [-0.2, 0) is 0 Å². The first-order valence-corrected chi connectivity index (χ1v) is 3.36. The lowest BCUT2D eigenvalue weighted by atomic mass is 10.2. The van der Waals surface area contributed by atoms with Crippen molar-refractivity contribution in [1.82, 2.24) is 0 Å². The molecule has 1 aromatic rings. The van der Waals surface area contributed by atoms with Crippen LogP contribution in [0.1, 0.15) is 0 Å². The van der Waals surface area contributed by atoms with Crippen molar-refractivity contribution >= 4 is 5.69 Å². The monoisotopic (exact) mass is 213 g/mol. The summed E-state index contributed by atoms with van der Waals surface area (Å²) in [5.41, 5.74) is -1.25. The fourth-order valence-corrected chi connectivity index (χ4v) is 0.839. The molecular formula is C7H4F5NO. The molecule has 0 amide bonds. The highest BCUT2D eigenvalue weighted by Crippen LogP contribution is 2.26. The third-order valence-electron chi connectivity index (χ3n) is 1.47. The van der Waals surface area contributed by atoms with Crippen LogP contribution in [0.4, 0.5) is 27.6 Å². The van der Waals surface area contributed by atoms with Gasteiger partial charge in [0.2, 0.25) is 5.82 Å². The van der Waals surface area contributed by atoms with Gasteiger partial charge in [0.1, 0.15) is 12.4 Å². The van der Waals surface area contributed by atoms with Gasteiger partial charge in [-0.3, -0.25) is 0 Å². The van der Waals surface area contributed by atoms with Crippen LogP contribution in [0.15, 0.2) is 0 Å². The normalized spacial score (nSPS) is 10.4. The van der Waals surface area contributed by atoms with E-state index in [2.05, 4.69) is 0 Å². The summed E-state index contributed by atoms with van der Waals surface area (Å²) >= 11 is 0. The summed E-state index contributed by atoms with van der Waals surface area (Å²) in [6, 6.07) is 0. The number of halogens is 5. The summed E-state index contributed by atoms with van der Waals surface area (Å²) < 4.78 is 62.7. The highest BCUT2D eigenvalue weighted by atomic mass is 19.2. The van der Waals surface area contributed by atoms with E-state index in [1.165, 1.54) is 0 Å². The standard InChI is InChI=1S/C7H4F5NO/c8-2-3(9)5(11)7(13-1-14)6(12)4(2)10/h13-14H,1H2. The summed E-state index contributed by atoms with van der Waals surface area (Å²) in [6.07, 6.45) is 0. The van der Waals surface area contributed by atoms with Crippen LogP contribution in [0.25, 0.3) is 0 Å². The van der Waals surface area contributed by atoms with Crippen LogP contribution >= 0.6 is 0 Å². The Hall–Kier alpha value is -1.37. The zero-order valence-electron chi connectivity index (χ0n) is 6.54. The molecule has 1 aromatic carbocycles. The minimum absolute atomic E-state index is 0.946. The average Bonchev–Trinajstić information content (AvgIpc) is 2.19. The molecule has 0 heterocycles. The maximum Gasteiger partial charge on any atom is 0.200 e. The van der Waals surface area contributed by atoms with Crippen molar-refractivity contribution in [2.75, 3.05) is 12.0 Å². The van der Waals surface area contributed by atoms with Gasteiger partial charge in [-0.2, -0.15) is 0 Å². The van der Waals surface area contributed by atoms with Crippen LogP contribution in [0.2, 0.25) is 0 Å². The van der Waals surface area contributed by atoms with E-state index in [9.17, 15) is 22.0 Å². The first kappa shape index (κ1) is 10.7.